The van der Waals surface area contributed by atoms with Crippen LogP contribution in [0.1, 0.15) is 22.8 Å². The normalized spacial score (nSPS) is 9.16. The molecule has 0 spiro atoms. The third-order valence-corrected chi connectivity index (χ3v) is 2.78. The number of nitrogens with zero attached hydrogens (tertiary/aromatic N) is 1. The van der Waals surface area contributed by atoms with E-state index in [1.54, 1.807) is 11.3 Å². The second-order valence-electron chi connectivity index (χ2n) is 3.72. The molecule has 2 aromatic heterocycles. The molecule has 0 unspecified atom stereocenters. The van der Waals surface area contributed by atoms with E-state index in [0.29, 0.717) is 5.82 Å². The van der Waals surface area contributed by atoms with Crippen LogP contribution < -0.4 is 5.32 Å². The van der Waals surface area contributed by atoms with Crippen LogP contribution in [-0.4, -0.2) is 22.0 Å². The molecule has 0 radical (unpaired) electrons. The average molecular weight is 278 g/mol. The minimum Gasteiger partial charge on any atom is -0.478 e. The van der Waals surface area contributed by atoms with E-state index in [4.69, 9.17) is 5.11 Å². The minimum atomic E-state index is -1.04. The number of aromatic nitrogens is 1. The van der Waals surface area contributed by atoms with Crippen molar-refractivity contribution >= 4 is 29.0 Å². The molecule has 0 aliphatic rings. The summed E-state index contributed by atoms with van der Waals surface area (Å²) in [4.78, 5) is 24.7. The van der Waals surface area contributed by atoms with E-state index in [1.165, 1.54) is 30.8 Å². The highest BCUT2D eigenvalue weighted by atomic mass is 32.1. The summed E-state index contributed by atoms with van der Waals surface area (Å²) >= 11 is 1.74. The number of thiophene rings is 1. The summed E-state index contributed by atoms with van der Waals surface area (Å²) in [7, 11) is 0. The first-order valence-corrected chi connectivity index (χ1v) is 6.39. The summed E-state index contributed by atoms with van der Waals surface area (Å²) in [5, 5.41) is 15.2. The number of carboxylic acid groups (broad SMARTS) is 1. The number of hydrogen-bond acceptors (Lipinski definition) is 4. The van der Waals surface area contributed by atoms with E-state index in [-0.39, 0.29) is 11.5 Å². The Kier molecular flexibility index (Phi) is 5.69. The number of nitrogens with one attached hydrogen (secondary N) is 1. The van der Waals surface area contributed by atoms with Crippen molar-refractivity contribution in [2.75, 3.05) is 5.32 Å². The number of aryl methyl sites for hydroxylation is 1. The van der Waals surface area contributed by atoms with Gasteiger partial charge in [-0.2, -0.15) is 11.3 Å². The first-order chi connectivity index (χ1) is 8.99. The quantitative estimate of drug-likeness (QED) is 0.885. The first-order valence-electron chi connectivity index (χ1n) is 5.45. The van der Waals surface area contributed by atoms with Gasteiger partial charge < -0.3 is 10.4 Å². The van der Waals surface area contributed by atoms with Gasteiger partial charge in [-0.15, -0.1) is 0 Å². The van der Waals surface area contributed by atoms with Gasteiger partial charge in [0, 0.05) is 13.1 Å². The lowest BCUT2D eigenvalue weighted by molar-refractivity contribution is -0.114. The fraction of sp³-hybridized carbons (Fsp3) is 0.154. The number of carboxylic acids is 1. The van der Waals surface area contributed by atoms with Crippen LogP contribution >= 0.6 is 11.3 Å². The Morgan fingerprint density at radius 3 is 2.37 bits per heavy atom. The lowest BCUT2D eigenvalue weighted by atomic mass is 10.3. The Morgan fingerprint density at radius 2 is 2.05 bits per heavy atom. The lowest BCUT2D eigenvalue weighted by Crippen LogP contribution is -2.07. The monoisotopic (exact) mass is 278 g/mol. The Hall–Kier alpha value is -2.21. The van der Waals surface area contributed by atoms with E-state index in [2.05, 4.69) is 34.1 Å². The predicted molar refractivity (Wildman–Crippen MR) is 74.6 cm³/mol. The standard InChI is InChI=1S/C8H8N2O3.C5H6S/c1-5(11)10-7-3-2-6(4-9-7)8(12)13;1-5-2-3-6-4-5/h2-4H,1H3,(H,12,13)(H,9,10,11);2-4H,1H3. The topological polar surface area (TPSA) is 79.3 Å². The fourth-order valence-electron chi connectivity index (χ4n) is 1.11. The Morgan fingerprint density at radius 1 is 1.32 bits per heavy atom. The van der Waals surface area contributed by atoms with E-state index < -0.39 is 5.97 Å². The molecule has 6 heteroatoms. The van der Waals surface area contributed by atoms with Crippen LogP contribution in [0, 0.1) is 6.92 Å². The summed E-state index contributed by atoms with van der Waals surface area (Å²) < 4.78 is 0. The van der Waals surface area contributed by atoms with Crippen molar-refractivity contribution < 1.29 is 14.7 Å². The molecule has 1 amide bonds. The lowest BCUT2D eigenvalue weighted by Gasteiger charge is -1.99. The Balaban J connectivity index is 0.000000250. The van der Waals surface area contributed by atoms with E-state index in [9.17, 15) is 9.59 Å². The van der Waals surface area contributed by atoms with Crippen molar-refractivity contribution in [3.63, 3.8) is 0 Å². The van der Waals surface area contributed by atoms with Crippen LogP contribution in [0.15, 0.2) is 35.2 Å². The maximum absolute atomic E-state index is 10.6. The first kappa shape index (κ1) is 14.8. The highest BCUT2D eigenvalue weighted by molar-refractivity contribution is 7.07. The van der Waals surface area contributed by atoms with E-state index in [0.717, 1.165) is 0 Å². The number of carbonyl (C=O) groups is 2. The van der Waals surface area contributed by atoms with Gasteiger partial charge in [0.1, 0.15) is 5.82 Å². The molecule has 0 aliphatic heterocycles. The smallest absolute Gasteiger partial charge is 0.337 e. The second-order valence-corrected chi connectivity index (χ2v) is 4.50. The summed E-state index contributed by atoms with van der Waals surface area (Å²) in [6.07, 6.45) is 1.19. The summed E-state index contributed by atoms with van der Waals surface area (Å²) in [6, 6.07) is 4.91. The average Bonchev–Trinajstić information content (AvgIpc) is 2.81. The molecule has 0 bridgehead atoms. The number of hydrogen-bond donors (Lipinski definition) is 2. The molecule has 5 nitrogen and oxygen atoms in total. The zero-order valence-electron chi connectivity index (χ0n) is 10.6. The van der Waals surface area contributed by atoms with Crippen molar-refractivity contribution in [1.29, 1.82) is 0 Å². The number of rotatable bonds is 2. The molecule has 2 aromatic rings. The molecular weight excluding hydrogens is 264 g/mol. The molecule has 0 aliphatic carbocycles. The summed E-state index contributed by atoms with van der Waals surface area (Å²) in [5.74, 6) is -0.935. The van der Waals surface area contributed by atoms with Gasteiger partial charge in [0.15, 0.2) is 0 Å². The van der Waals surface area contributed by atoms with Crippen LogP contribution in [0.4, 0.5) is 5.82 Å². The molecule has 0 aromatic carbocycles. The Bertz CT molecular complexity index is 536. The largest absolute Gasteiger partial charge is 0.478 e. The van der Waals surface area contributed by atoms with Crippen molar-refractivity contribution in [2.24, 2.45) is 0 Å². The molecule has 0 atom stereocenters. The van der Waals surface area contributed by atoms with Gasteiger partial charge in [0.05, 0.1) is 5.56 Å². The van der Waals surface area contributed by atoms with Crippen LogP contribution in [0.25, 0.3) is 0 Å². The molecule has 2 heterocycles. The number of aromatic carboxylic acids is 1. The SMILES string of the molecule is CC(=O)Nc1ccc(C(=O)O)cn1.Cc1ccsc1. The van der Waals surface area contributed by atoms with E-state index >= 15 is 0 Å². The van der Waals surface area contributed by atoms with Crippen molar-refractivity contribution in [3.05, 3.63) is 46.3 Å². The van der Waals surface area contributed by atoms with Gasteiger partial charge in [0.2, 0.25) is 5.91 Å². The fourth-order valence-corrected chi connectivity index (χ4v) is 1.77. The van der Waals surface area contributed by atoms with Crippen LogP contribution in [-0.2, 0) is 4.79 Å². The zero-order valence-corrected chi connectivity index (χ0v) is 11.4. The maximum atomic E-state index is 10.6. The second kappa shape index (κ2) is 7.27. The van der Waals surface area contributed by atoms with Crippen molar-refractivity contribution in [1.82, 2.24) is 4.98 Å². The molecule has 0 saturated heterocycles. The molecule has 2 N–H and O–H groups in total. The van der Waals surface area contributed by atoms with E-state index in [1.807, 2.05) is 0 Å². The molecule has 0 saturated carbocycles. The van der Waals surface area contributed by atoms with Crippen LogP contribution in [0.2, 0.25) is 0 Å². The predicted octanol–water partition coefficient (Wildman–Crippen LogP) is 2.79. The highest BCUT2D eigenvalue weighted by Gasteiger charge is 2.02. The molecule has 2 rings (SSSR count). The third-order valence-electron chi connectivity index (χ3n) is 1.98. The number of amides is 1. The summed E-state index contributed by atoms with van der Waals surface area (Å²) in [5.41, 5.74) is 1.45. The highest BCUT2D eigenvalue weighted by Crippen LogP contribution is 2.04. The minimum absolute atomic E-state index is 0.0918. The molecule has 100 valence electrons. The van der Waals surface area contributed by atoms with Gasteiger partial charge in [-0.25, -0.2) is 9.78 Å². The van der Waals surface area contributed by atoms with Crippen LogP contribution in [0.3, 0.4) is 0 Å². The maximum Gasteiger partial charge on any atom is 0.337 e. The van der Waals surface area contributed by atoms with Gasteiger partial charge >= 0.3 is 5.97 Å². The van der Waals surface area contributed by atoms with Gasteiger partial charge in [-0.05, 0) is 41.4 Å². The van der Waals surface area contributed by atoms with Gasteiger partial charge in [0.25, 0.3) is 0 Å². The molecule has 0 fully saturated rings. The summed E-state index contributed by atoms with van der Waals surface area (Å²) in [6.45, 7) is 3.45. The van der Waals surface area contributed by atoms with Gasteiger partial charge in [-0.1, -0.05) is 0 Å². The molecule has 19 heavy (non-hydrogen) atoms. The third kappa shape index (κ3) is 5.78. The number of anilines is 1. The number of pyridine rings is 1. The zero-order chi connectivity index (χ0) is 14.3. The molecular formula is C13H14N2O3S. The number of carbonyl (C=O) groups excluding carboxylic acids is 1. The van der Waals surface area contributed by atoms with Gasteiger partial charge in [-0.3, -0.25) is 4.79 Å². The Labute approximate surface area is 114 Å². The van der Waals surface area contributed by atoms with Crippen molar-refractivity contribution in [2.45, 2.75) is 13.8 Å². The van der Waals surface area contributed by atoms with Crippen LogP contribution in [0.5, 0.6) is 0 Å². The van der Waals surface area contributed by atoms with Crippen molar-refractivity contribution in [3.8, 4) is 0 Å².